The van der Waals surface area contributed by atoms with Gasteiger partial charge in [-0.15, -0.1) is 0 Å². The third kappa shape index (κ3) is 3.02. The Labute approximate surface area is 224 Å². The molecule has 1 heterocycles. The number of carbonyl (C=O) groups is 1. The van der Waals surface area contributed by atoms with E-state index >= 15 is 0 Å². The Bertz CT molecular complexity index is 969. The van der Waals surface area contributed by atoms with Crippen molar-refractivity contribution in [2.24, 2.45) is 50.7 Å². The highest BCUT2D eigenvalue weighted by Crippen LogP contribution is 2.89. The molecule has 2 spiro atoms. The second-order valence-corrected chi connectivity index (χ2v) is 15.7. The Morgan fingerprint density at radius 3 is 2.27 bits per heavy atom. The van der Waals surface area contributed by atoms with Gasteiger partial charge >= 0.3 is 6.03 Å². The Balaban J connectivity index is 1.30. The first kappa shape index (κ1) is 26.4. The molecule has 7 unspecified atom stereocenters. The number of nitrogens with zero attached hydrogens (tertiary/aromatic N) is 2. The second-order valence-electron chi connectivity index (χ2n) is 15.7. The molecule has 0 radical (unpaired) electrons. The van der Waals surface area contributed by atoms with Crippen LogP contribution in [0.3, 0.4) is 0 Å². The first-order valence-corrected chi connectivity index (χ1v) is 15.1. The summed E-state index contributed by atoms with van der Waals surface area (Å²) in [5.74, 6) is 1.93. The summed E-state index contributed by atoms with van der Waals surface area (Å²) in [6.07, 6.45) is 8.29. The number of aliphatic hydroxyl groups is 2. The van der Waals surface area contributed by atoms with E-state index in [2.05, 4.69) is 34.6 Å². The Morgan fingerprint density at radius 1 is 0.946 bits per heavy atom. The highest BCUT2D eigenvalue weighted by Gasteiger charge is 2.84. The van der Waals surface area contributed by atoms with Crippen LogP contribution in [0.4, 0.5) is 4.79 Å². The molecule has 6 aliphatic rings. The standard InChI is InChI=1S/C31H52N2O4/c1-18-15-19(16-33(8)26(36)32(6)7)37-24-23(18)28(4)13-14-31-17-30(31)12-11-22(34)27(2,3)20(30)9-10-21(31)29(28,5)25(24)35/h18-25,34-35H,9-17H2,1-8H3/t18-,19?,20+,21?,22?,23+,24?,25+,28?,29-,30?,31?/m1/s1. The van der Waals surface area contributed by atoms with Crippen LogP contribution in [-0.4, -0.2) is 78.1 Å². The van der Waals surface area contributed by atoms with Crippen LogP contribution in [0, 0.1) is 50.7 Å². The minimum atomic E-state index is -0.471. The van der Waals surface area contributed by atoms with Crippen molar-refractivity contribution in [2.75, 3.05) is 27.7 Å². The van der Waals surface area contributed by atoms with Crippen LogP contribution in [-0.2, 0) is 4.74 Å². The van der Waals surface area contributed by atoms with E-state index < -0.39 is 6.10 Å². The van der Waals surface area contributed by atoms with Crippen molar-refractivity contribution in [1.29, 1.82) is 0 Å². The normalized spacial score (nSPS) is 55.2. The molecule has 6 heteroatoms. The summed E-state index contributed by atoms with van der Waals surface area (Å²) in [5, 5.41) is 23.2. The molecular weight excluding hydrogens is 464 g/mol. The molecule has 6 nitrogen and oxygen atoms in total. The van der Waals surface area contributed by atoms with E-state index in [1.54, 1.807) is 23.9 Å². The molecule has 5 saturated carbocycles. The highest BCUT2D eigenvalue weighted by atomic mass is 16.5. The van der Waals surface area contributed by atoms with Gasteiger partial charge < -0.3 is 24.7 Å². The molecule has 0 aromatic carbocycles. The Kier molecular flexibility index (Phi) is 5.61. The number of hydrogen-bond donors (Lipinski definition) is 2. The van der Waals surface area contributed by atoms with E-state index in [1.807, 2.05) is 7.05 Å². The maximum Gasteiger partial charge on any atom is 0.319 e. The summed E-state index contributed by atoms with van der Waals surface area (Å²) in [7, 11) is 5.43. The Morgan fingerprint density at radius 2 is 1.59 bits per heavy atom. The summed E-state index contributed by atoms with van der Waals surface area (Å²) in [6, 6.07) is -0.00352. The fraction of sp³-hybridized carbons (Fsp3) is 0.968. The largest absolute Gasteiger partial charge is 0.393 e. The zero-order valence-electron chi connectivity index (χ0n) is 24.6. The van der Waals surface area contributed by atoms with Gasteiger partial charge in [0.2, 0.25) is 0 Å². The summed E-state index contributed by atoms with van der Waals surface area (Å²) >= 11 is 0. The van der Waals surface area contributed by atoms with E-state index in [0.29, 0.717) is 41.0 Å². The van der Waals surface area contributed by atoms with Gasteiger partial charge in [-0.3, -0.25) is 0 Å². The topological polar surface area (TPSA) is 73.2 Å². The minimum absolute atomic E-state index is 0.00352. The van der Waals surface area contributed by atoms with Crippen LogP contribution in [0.5, 0.6) is 0 Å². The number of urea groups is 1. The molecular formula is C31H52N2O4. The molecule has 0 aromatic heterocycles. The lowest BCUT2D eigenvalue weighted by Crippen LogP contribution is -2.59. The van der Waals surface area contributed by atoms with Crippen molar-refractivity contribution >= 4 is 6.03 Å². The van der Waals surface area contributed by atoms with Gasteiger partial charge in [0.05, 0.1) is 24.4 Å². The van der Waals surface area contributed by atoms with Gasteiger partial charge in [0.25, 0.3) is 0 Å². The average Bonchev–Trinajstić information content (AvgIpc) is 3.46. The van der Waals surface area contributed by atoms with Crippen LogP contribution < -0.4 is 0 Å². The number of likely N-dealkylation sites (N-methyl/N-ethyl adjacent to an activating group) is 1. The molecule has 0 aromatic rings. The van der Waals surface area contributed by atoms with Crippen LogP contribution in [0.15, 0.2) is 0 Å². The number of fused-ring (bicyclic) bond motifs is 4. The maximum absolute atomic E-state index is 12.5. The molecule has 210 valence electrons. The lowest BCUT2D eigenvalue weighted by molar-refractivity contribution is -0.182. The fourth-order valence-corrected chi connectivity index (χ4v) is 12.2. The zero-order valence-corrected chi connectivity index (χ0v) is 24.6. The average molecular weight is 517 g/mol. The molecule has 12 atom stereocenters. The second kappa shape index (κ2) is 7.87. The number of rotatable bonds is 2. The fourth-order valence-electron chi connectivity index (χ4n) is 12.2. The lowest BCUT2D eigenvalue weighted by Gasteiger charge is -2.63. The number of aliphatic hydroxyl groups excluding tert-OH is 2. The van der Waals surface area contributed by atoms with Crippen LogP contribution in [0.2, 0.25) is 0 Å². The van der Waals surface area contributed by atoms with E-state index in [4.69, 9.17) is 4.74 Å². The third-order valence-electron chi connectivity index (χ3n) is 14.0. The van der Waals surface area contributed by atoms with E-state index in [0.717, 1.165) is 19.3 Å². The zero-order chi connectivity index (χ0) is 26.9. The smallest absolute Gasteiger partial charge is 0.319 e. The molecule has 6 rings (SSSR count). The molecule has 37 heavy (non-hydrogen) atoms. The van der Waals surface area contributed by atoms with E-state index in [1.165, 1.54) is 32.1 Å². The molecule has 2 amide bonds. The third-order valence-corrected chi connectivity index (χ3v) is 14.0. The maximum atomic E-state index is 12.5. The van der Waals surface area contributed by atoms with Crippen molar-refractivity contribution in [3.8, 4) is 0 Å². The molecule has 6 fully saturated rings. The summed E-state index contributed by atoms with van der Waals surface area (Å²) in [5.41, 5.74) is 0.572. The number of carbonyl (C=O) groups excluding carboxylic acids is 1. The van der Waals surface area contributed by atoms with Gasteiger partial charge in [0, 0.05) is 33.1 Å². The first-order valence-electron chi connectivity index (χ1n) is 15.1. The van der Waals surface area contributed by atoms with Gasteiger partial charge in [0.1, 0.15) is 0 Å². The van der Waals surface area contributed by atoms with Gasteiger partial charge in [-0.05, 0) is 96.7 Å². The minimum Gasteiger partial charge on any atom is -0.393 e. The van der Waals surface area contributed by atoms with Gasteiger partial charge in [-0.1, -0.05) is 34.6 Å². The van der Waals surface area contributed by atoms with Crippen molar-refractivity contribution in [2.45, 2.75) is 110 Å². The Hall–Kier alpha value is -0.850. The van der Waals surface area contributed by atoms with Crippen molar-refractivity contribution in [3.63, 3.8) is 0 Å². The molecule has 0 bridgehead atoms. The van der Waals surface area contributed by atoms with E-state index in [9.17, 15) is 15.0 Å². The highest BCUT2D eigenvalue weighted by molar-refractivity contribution is 5.73. The predicted octanol–water partition coefficient (Wildman–Crippen LogP) is 4.77. The number of ether oxygens (including phenoxy) is 1. The monoisotopic (exact) mass is 516 g/mol. The van der Waals surface area contributed by atoms with Gasteiger partial charge in [0.15, 0.2) is 0 Å². The van der Waals surface area contributed by atoms with E-state index in [-0.39, 0.29) is 40.6 Å². The van der Waals surface area contributed by atoms with Crippen LogP contribution >= 0.6 is 0 Å². The molecule has 1 saturated heterocycles. The van der Waals surface area contributed by atoms with Crippen molar-refractivity contribution in [3.05, 3.63) is 0 Å². The lowest BCUT2D eigenvalue weighted by atomic mass is 9.41. The predicted molar refractivity (Wildman–Crippen MR) is 144 cm³/mol. The van der Waals surface area contributed by atoms with Crippen molar-refractivity contribution < 1.29 is 19.7 Å². The molecule has 2 N–H and O–H groups in total. The van der Waals surface area contributed by atoms with Crippen molar-refractivity contribution in [1.82, 2.24) is 9.80 Å². The number of amides is 2. The SMILES string of the molecule is C[C@@H]1CC(CN(C)C(=O)N(C)C)OC2[C@H]1C1(C)CCC34CC35CCC(O)C(C)(C)[C@@H]5CCC4[C@]1(C)[C@H]2O. The molecule has 1 aliphatic heterocycles. The quantitative estimate of drug-likeness (QED) is 0.554. The van der Waals surface area contributed by atoms with Crippen LogP contribution in [0.25, 0.3) is 0 Å². The summed E-state index contributed by atoms with van der Waals surface area (Å²) < 4.78 is 6.80. The summed E-state index contributed by atoms with van der Waals surface area (Å²) in [6.45, 7) is 12.5. The summed E-state index contributed by atoms with van der Waals surface area (Å²) in [4.78, 5) is 15.9. The first-order chi connectivity index (χ1) is 17.2. The van der Waals surface area contributed by atoms with Gasteiger partial charge in [-0.2, -0.15) is 0 Å². The number of hydrogen-bond acceptors (Lipinski definition) is 4. The molecule has 5 aliphatic carbocycles. The van der Waals surface area contributed by atoms with Crippen LogP contribution in [0.1, 0.15) is 86.0 Å². The van der Waals surface area contributed by atoms with Gasteiger partial charge in [-0.25, -0.2) is 4.79 Å².